The quantitative estimate of drug-likeness (QED) is 0.193. The fraction of sp³-hybridized carbons (Fsp3) is 0.0476. The lowest BCUT2D eigenvalue weighted by Gasteiger charge is -2.34. The normalized spacial score (nSPS) is 16.9. The highest BCUT2D eigenvalue weighted by Crippen LogP contribution is 2.50. The monoisotopic (exact) mass is 577 g/mol. The van der Waals surface area contributed by atoms with E-state index in [1.807, 2.05) is 11.3 Å². The van der Waals surface area contributed by atoms with Crippen LogP contribution < -0.4 is 0 Å². The van der Waals surface area contributed by atoms with Crippen LogP contribution in [0.15, 0.2) is 152 Å². The maximum absolute atomic E-state index is 2.46. The third-order valence-corrected chi connectivity index (χ3v) is 11.0. The van der Waals surface area contributed by atoms with Crippen molar-refractivity contribution in [2.24, 2.45) is 0 Å². The summed E-state index contributed by atoms with van der Waals surface area (Å²) in [5.41, 5.74) is 11.8. The number of hydrogen-bond acceptors (Lipinski definition) is 1. The number of hydrogen-bond donors (Lipinski definition) is 0. The molecule has 2 aromatic heterocycles. The Morgan fingerprint density at radius 3 is 2.09 bits per heavy atom. The van der Waals surface area contributed by atoms with Crippen molar-refractivity contribution in [1.29, 1.82) is 0 Å². The van der Waals surface area contributed by atoms with Crippen LogP contribution in [-0.2, 0) is 0 Å². The maximum atomic E-state index is 2.46. The first-order valence-corrected chi connectivity index (χ1v) is 16.2. The third-order valence-electron chi connectivity index (χ3n) is 9.79. The van der Waals surface area contributed by atoms with Gasteiger partial charge in [-0.1, -0.05) is 115 Å². The standard InChI is InChI=1S/C42H27NS/c1-2-12-31-29(10-1)30-11-3-4-13-32(30)37-25-27(21-22-33(31)37)43-39-18-7-5-14-34(39)38-24-26(20-23-40(38)43)28-16-9-17-36-35-15-6-8-19-41(35)44-42(28)36/h1-25,29,31H. The Morgan fingerprint density at radius 1 is 0.477 bits per heavy atom. The molecule has 2 aliphatic carbocycles. The van der Waals surface area contributed by atoms with Gasteiger partial charge in [0.1, 0.15) is 0 Å². The first kappa shape index (κ1) is 24.3. The van der Waals surface area contributed by atoms with E-state index in [1.165, 1.54) is 81.0 Å². The largest absolute Gasteiger partial charge is 0.309 e. The molecule has 2 atom stereocenters. The highest BCUT2D eigenvalue weighted by molar-refractivity contribution is 7.26. The van der Waals surface area contributed by atoms with Crippen LogP contribution in [-0.4, -0.2) is 4.57 Å². The van der Waals surface area contributed by atoms with Crippen molar-refractivity contribution in [2.45, 2.75) is 11.8 Å². The van der Waals surface area contributed by atoms with Crippen molar-refractivity contribution >= 4 is 53.3 Å². The van der Waals surface area contributed by atoms with Crippen LogP contribution in [0.3, 0.4) is 0 Å². The van der Waals surface area contributed by atoms with Gasteiger partial charge in [0.25, 0.3) is 0 Å². The summed E-state index contributed by atoms with van der Waals surface area (Å²) in [6, 6.07) is 47.5. The zero-order valence-corrected chi connectivity index (χ0v) is 24.8. The summed E-state index contributed by atoms with van der Waals surface area (Å²) in [5, 5.41) is 5.25. The minimum Gasteiger partial charge on any atom is -0.309 e. The van der Waals surface area contributed by atoms with Gasteiger partial charge < -0.3 is 4.57 Å². The summed E-state index contributed by atoms with van der Waals surface area (Å²) in [4.78, 5) is 0. The Bertz CT molecular complexity index is 2520. The van der Waals surface area contributed by atoms with Crippen molar-refractivity contribution in [1.82, 2.24) is 4.57 Å². The van der Waals surface area contributed by atoms with Gasteiger partial charge in [-0.05, 0) is 69.8 Å². The molecule has 0 spiro atoms. The number of benzene rings is 6. The lowest BCUT2D eigenvalue weighted by molar-refractivity contribution is 0.720. The lowest BCUT2D eigenvalue weighted by atomic mass is 9.70. The van der Waals surface area contributed by atoms with Gasteiger partial charge in [0, 0.05) is 48.5 Å². The minimum atomic E-state index is 0.372. The SMILES string of the molecule is C1=CC2c3ccccc3-c3cc(-n4c5ccccc5c5cc(-c6cccc7c6sc6ccccc67)ccc54)ccc3C2C=C1. The van der Waals surface area contributed by atoms with E-state index < -0.39 is 0 Å². The van der Waals surface area contributed by atoms with Crippen LogP contribution in [0.1, 0.15) is 23.0 Å². The van der Waals surface area contributed by atoms with E-state index in [4.69, 9.17) is 0 Å². The predicted molar refractivity (Wildman–Crippen MR) is 188 cm³/mol. The first-order valence-electron chi connectivity index (χ1n) is 15.4. The van der Waals surface area contributed by atoms with Crippen molar-refractivity contribution in [3.8, 4) is 27.9 Å². The van der Waals surface area contributed by atoms with Crippen molar-refractivity contribution in [2.75, 3.05) is 0 Å². The van der Waals surface area contributed by atoms with Gasteiger partial charge in [-0.2, -0.15) is 0 Å². The van der Waals surface area contributed by atoms with Crippen LogP contribution in [0, 0.1) is 0 Å². The van der Waals surface area contributed by atoms with E-state index in [1.54, 1.807) is 0 Å². The molecule has 0 saturated carbocycles. The molecule has 44 heavy (non-hydrogen) atoms. The second kappa shape index (κ2) is 9.16. The van der Waals surface area contributed by atoms with E-state index in [0.29, 0.717) is 11.8 Å². The minimum absolute atomic E-state index is 0.372. The Morgan fingerprint density at radius 2 is 1.18 bits per heavy atom. The number of thiophene rings is 1. The smallest absolute Gasteiger partial charge is 0.0541 e. The van der Waals surface area contributed by atoms with Gasteiger partial charge in [-0.15, -0.1) is 11.3 Å². The van der Waals surface area contributed by atoms with Crippen LogP contribution in [0.25, 0.3) is 69.9 Å². The van der Waals surface area contributed by atoms with Gasteiger partial charge >= 0.3 is 0 Å². The fourth-order valence-corrected chi connectivity index (χ4v) is 9.07. The number of para-hydroxylation sites is 1. The fourth-order valence-electron chi connectivity index (χ4n) is 7.83. The molecule has 0 amide bonds. The number of allylic oxidation sites excluding steroid dienone is 4. The Balaban J connectivity index is 1.19. The summed E-state index contributed by atoms with van der Waals surface area (Å²) in [7, 11) is 0. The highest BCUT2D eigenvalue weighted by Gasteiger charge is 2.32. The zero-order chi connectivity index (χ0) is 28.8. The highest BCUT2D eigenvalue weighted by atomic mass is 32.1. The van der Waals surface area contributed by atoms with Crippen LogP contribution in [0.4, 0.5) is 0 Å². The topological polar surface area (TPSA) is 4.93 Å². The summed E-state index contributed by atoms with van der Waals surface area (Å²) < 4.78 is 5.16. The first-order chi connectivity index (χ1) is 21.8. The van der Waals surface area contributed by atoms with E-state index in [9.17, 15) is 0 Å². The lowest BCUT2D eigenvalue weighted by Crippen LogP contribution is -2.16. The maximum Gasteiger partial charge on any atom is 0.0541 e. The molecule has 0 fully saturated rings. The molecule has 2 heterocycles. The molecule has 2 unspecified atom stereocenters. The third kappa shape index (κ3) is 3.35. The van der Waals surface area contributed by atoms with E-state index in [0.717, 1.165) is 0 Å². The summed E-state index contributed by atoms with van der Waals surface area (Å²) in [5.74, 6) is 0.767. The molecule has 0 N–H and O–H groups in total. The number of fused-ring (bicyclic) bond motifs is 12. The van der Waals surface area contributed by atoms with Gasteiger partial charge in [-0.3, -0.25) is 0 Å². The Labute approximate surface area is 259 Å². The van der Waals surface area contributed by atoms with Crippen LogP contribution in [0.2, 0.25) is 0 Å². The van der Waals surface area contributed by atoms with Gasteiger partial charge in [-0.25, -0.2) is 0 Å². The molecule has 0 aliphatic heterocycles. The van der Waals surface area contributed by atoms with E-state index in [2.05, 4.69) is 156 Å². The molecule has 0 bridgehead atoms. The molecule has 206 valence electrons. The van der Waals surface area contributed by atoms with E-state index in [-0.39, 0.29) is 0 Å². The summed E-state index contributed by atoms with van der Waals surface area (Å²) >= 11 is 1.90. The molecule has 1 nitrogen and oxygen atoms in total. The molecule has 0 saturated heterocycles. The second-order valence-corrected chi connectivity index (χ2v) is 13.1. The average Bonchev–Trinajstić information content (AvgIpc) is 3.64. The Hall–Kier alpha value is -5.18. The molecule has 8 aromatic rings. The summed E-state index contributed by atoms with van der Waals surface area (Å²) in [6.07, 6.45) is 9.14. The van der Waals surface area contributed by atoms with Crippen LogP contribution in [0.5, 0.6) is 0 Å². The molecular weight excluding hydrogens is 551 g/mol. The molecule has 2 aliphatic rings. The van der Waals surface area contributed by atoms with Crippen molar-refractivity contribution in [3.63, 3.8) is 0 Å². The second-order valence-electron chi connectivity index (χ2n) is 12.0. The predicted octanol–water partition coefficient (Wildman–Crippen LogP) is 11.8. The number of rotatable bonds is 2. The average molecular weight is 578 g/mol. The van der Waals surface area contributed by atoms with Crippen molar-refractivity contribution in [3.05, 3.63) is 163 Å². The molecular formula is C42H27NS. The molecule has 0 radical (unpaired) electrons. The van der Waals surface area contributed by atoms with Gasteiger partial charge in [0.2, 0.25) is 0 Å². The number of nitrogens with zero attached hydrogens (tertiary/aromatic N) is 1. The van der Waals surface area contributed by atoms with Gasteiger partial charge in [0.05, 0.1) is 11.0 Å². The molecule has 10 rings (SSSR count). The molecule has 6 aromatic carbocycles. The Kier molecular flexibility index (Phi) is 5.05. The number of aromatic nitrogens is 1. The molecule has 2 heteroatoms. The zero-order valence-electron chi connectivity index (χ0n) is 23.9. The van der Waals surface area contributed by atoms with Gasteiger partial charge in [0.15, 0.2) is 0 Å². The van der Waals surface area contributed by atoms with Crippen molar-refractivity contribution < 1.29 is 0 Å². The van der Waals surface area contributed by atoms with Crippen LogP contribution >= 0.6 is 11.3 Å². The van der Waals surface area contributed by atoms with E-state index >= 15 is 0 Å². The summed E-state index contributed by atoms with van der Waals surface area (Å²) in [6.45, 7) is 0.